The van der Waals surface area contributed by atoms with Gasteiger partial charge in [0.25, 0.3) is 0 Å². The second-order valence-corrected chi connectivity index (χ2v) is 3.67. The highest BCUT2D eigenvalue weighted by atomic mass is 19.1. The quantitative estimate of drug-likeness (QED) is 0.645. The fraction of sp³-hybridized carbons (Fsp3) is 0.400. The van der Waals surface area contributed by atoms with Gasteiger partial charge in [-0.1, -0.05) is 0 Å². The smallest absolute Gasteiger partial charge is 0.318 e. The normalized spacial score (nSPS) is 23.9. The van der Waals surface area contributed by atoms with Crippen molar-refractivity contribution in [2.24, 2.45) is 16.6 Å². The molecule has 1 aliphatic carbocycles. The number of ether oxygens (including phenoxy) is 1. The van der Waals surface area contributed by atoms with E-state index < -0.39 is 17.7 Å². The number of hydrogen-bond donors (Lipinski definition) is 1. The van der Waals surface area contributed by atoms with Crippen LogP contribution in [0.25, 0.3) is 0 Å². The van der Waals surface area contributed by atoms with Crippen molar-refractivity contribution in [2.75, 3.05) is 20.8 Å². The summed E-state index contributed by atoms with van der Waals surface area (Å²) in [6.45, 7) is 0.371. The topological polar surface area (TPSA) is 67.9 Å². The van der Waals surface area contributed by atoms with Crippen LogP contribution in [0.15, 0.2) is 28.3 Å². The zero-order valence-corrected chi connectivity index (χ0v) is 9.03. The summed E-state index contributed by atoms with van der Waals surface area (Å²) in [5.41, 5.74) is 6.23. The minimum atomic E-state index is -0.862. The van der Waals surface area contributed by atoms with Crippen LogP contribution in [0.5, 0.6) is 0 Å². The fourth-order valence-corrected chi connectivity index (χ4v) is 1.75. The van der Waals surface area contributed by atoms with Gasteiger partial charge in [0.05, 0.1) is 18.5 Å². The van der Waals surface area contributed by atoms with Gasteiger partial charge in [0, 0.05) is 7.05 Å². The summed E-state index contributed by atoms with van der Waals surface area (Å²) in [7, 11) is 3.01. The number of halogens is 1. The lowest BCUT2D eigenvalue weighted by atomic mass is 9.95. The summed E-state index contributed by atoms with van der Waals surface area (Å²) < 4.78 is 18.4. The molecule has 2 aliphatic rings. The van der Waals surface area contributed by atoms with Gasteiger partial charge in [-0.2, -0.15) is 0 Å². The van der Waals surface area contributed by atoms with Crippen LogP contribution in [0.3, 0.4) is 0 Å². The van der Waals surface area contributed by atoms with Crippen LogP contribution in [0.1, 0.15) is 0 Å². The molecule has 0 spiro atoms. The molecule has 1 atom stereocenters. The lowest BCUT2D eigenvalue weighted by Gasteiger charge is -2.22. The van der Waals surface area contributed by atoms with E-state index in [1.165, 1.54) is 7.11 Å². The van der Waals surface area contributed by atoms with Crippen molar-refractivity contribution >= 4 is 11.7 Å². The van der Waals surface area contributed by atoms with Crippen molar-refractivity contribution in [3.8, 4) is 0 Å². The molecule has 1 aliphatic heterocycles. The molecule has 0 saturated carbocycles. The van der Waals surface area contributed by atoms with Crippen LogP contribution >= 0.6 is 0 Å². The summed E-state index contributed by atoms with van der Waals surface area (Å²) in [5.74, 6) is -2.06. The summed E-state index contributed by atoms with van der Waals surface area (Å²) in [6.07, 6.45) is 1.58. The second kappa shape index (κ2) is 3.62. The van der Waals surface area contributed by atoms with Gasteiger partial charge in [-0.15, -0.1) is 0 Å². The highest BCUT2D eigenvalue weighted by molar-refractivity contribution is 6.13. The molecule has 0 radical (unpaired) electrons. The number of allylic oxidation sites excluding steroid dienone is 1. The first-order chi connectivity index (χ1) is 7.56. The second-order valence-electron chi connectivity index (χ2n) is 3.67. The number of carbonyl (C=O) groups excluding carboxylic acids is 1. The third kappa shape index (κ3) is 1.37. The van der Waals surface area contributed by atoms with Crippen LogP contribution in [0, 0.1) is 5.92 Å². The average Bonchev–Trinajstić information content (AvgIpc) is 2.64. The number of esters is 1. The van der Waals surface area contributed by atoms with Crippen molar-refractivity contribution in [1.82, 2.24) is 4.90 Å². The molecule has 0 saturated heterocycles. The maximum Gasteiger partial charge on any atom is 0.318 e. The number of nitrogens with two attached hydrogens (primary N) is 1. The summed E-state index contributed by atoms with van der Waals surface area (Å²) in [5, 5.41) is 0. The van der Waals surface area contributed by atoms with E-state index in [1.807, 2.05) is 0 Å². The molecule has 1 unspecified atom stereocenters. The molecule has 0 fully saturated rings. The van der Waals surface area contributed by atoms with Crippen LogP contribution in [-0.4, -0.2) is 37.4 Å². The van der Waals surface area contributed by atoms with Gasteiger partial charge in [0.1, 0.15) is 18.3 Å². The van der Waals surface area contributed by atoms with Crippen LogP contribution in [0.2, 0.25) is 0 Å². The number of fused-ring (bicyclic) bond motifs is 1. The minimum absolute atomic E-state index is 0.135. The van der Waals surface area contributed by atoms with Crippen molar-refractivity contribution in [1.29, 1.82) is 0 Å². The number of rotatable bonds is 1. The molecule has 0 amide bonds. The highest BCUT2D eigenvalue weighted by Gasteiger charge is 2.35. The van der Waals surface area contributed by atoms with Crippen molar-refractivity contribution < 1.29 is 13.9 Å². The van der Waals surface area contributed by atoms with Gasteiger partial charge in [-0.25, -0.2) is 4.39 Å². The molecule has 2 rings (SSSR count). The van der Waals surface area contributed by atoms with E-state index in [0.717, 1.165) is 0 Å². The molecule has 86 valence electrons. The third-order valence-corrected chi connectivity index (χ3v) is 2.67. The molecule has 1 heterocycles. The molecular weight excluding hydrogens is 213 g/mol. The number of hydrogen-bond acceptors (Lipinski definition) is 5. The Morgan fingerprint density at radius 1 is 1.75 bits per heavy atom. The van der Waals surface area contributed by atoms with Crippen molar-refractivity contribution in [3.05, 3.63) is 23.3 Å². The average molecular weight is 225 g/mol. The third-order valence-electron chi connectivity index (χ3n) is 2.67. The first-order valence-corrected chi connectivity index (χ1v) is 4.77. The monoisotopic (exact) mass is 225 g/mol. The molecular formula is C10H12FN3O2. The van der Waals surface area contributed by atoms with Crippen LogP contribution < -0.4 is 5.73 Å². The van der Waals surface area contributed by atoms with E-state index in [4.69, 9.17) is 5.73 Å². The molecule has 0 aromatic heterocycles. The highest BCUT2D eigenvalue weighted by Crippen LogP contribution is 2.30. The van der Waals surface area contributed by atoms with E-state index in [0.29, 0.717) is 12.4 Å². The van der Waals surface area contributed by atoms with E-state index in [1.54, 1.807) is 18.0 Å². The van der Waals surface area contributed by atoms with E-state index in [9.17, 15) is 9.18 Å². The minimum Gasteiger partial charge on any atom is -0.468 e. The molecule has 0 bridgehead atoms. The molecule has 5 nitrogen and oxygen atoms in total. The Hall–Kier alpha value is -1.85. The first kappa shape index (κ1) is 10.7. The lowest BCUT2D eigenvalue weighted by Crippen LogP contribution is -2.30. The van der Waals surface area contributed by atoms with Gasteiger partial charge >= 0.3 is 5.97 Å². The zero-order valence-electron chi connectivity index (χ0n) is 9.03. The fourth-order valence-electron chi connectivity index (χ4n) is 1.75. The van der Waals surface area contributed by atoms with Gasteiger partial charge in [-0.3, -0.25) is 9.79 Å². The van der Waals surface area contributed by atoms with Crippen molar-refractivity contribution in [3.63, 3.8) is 0 Å². The van der Waals surface area contributed by atoms with Crippen molar-refractivity contribution in [2.45, 2.75) is 0 Å². The Morgan fingerprint density at radius 2 is 2.44 bits per heavy atom. The zero-order chi connectivity index (χ0) is 11.9. The molecule has 16 heavy (non-hydrogen) atoms. The Bertz CT molecular complexity index is 439. The van der Waals surface area contributed by atoms with Gasteiger partial charge in [-0.05, 0) is 6.08 Å². The molecule has 6 heteroatoms. The Morgan fingerprint density at radius 3 is 3.06 bits per heavy atom. The van der Waals surface area contributed by atoms with Crippen LogP contribution in [-0.2, 0) is 9.53 Å². The Labute approximate surface area is 92.1 Å². The number of aliphatic imine (C=N–C) groups is 1. The van der Waals surface area contributed by atoms with Gasteiger partial charge in [0.15, 0.2) is 5.83 Å². The predicted octanol–water partition coefficient (Wildman–Crippen LogP) is 0.157. The van der Waals surface area contributed by atoms with Gasteiger partial charge < -0.3 is 15.4 Å². The van der Waals surface area contributed by atoms with E-state index in [-0.39, 0.29) is 11.4 Å². The summed E-state index contributed by atoms with van der Waals surface area (Å²) >= 11 is 0. The first-order valence-electron chi connectivity index (χ1n) is 4.77. The SMILES string of the molecule is COC(=O)C1C=C2C(=NCN2C)C(F)=C1N. The summed E-state index contributed by atoms with van der Waals surface area (Å²) in [6, 6.07) is 0. The molecule has 0 aromatic rings. The largest absolute Gasteiger partial charge is 0.468 e. The Balaban J connectivity index is 2.44. The Kier molecular flexibility index (Phi) is 2.41. The van der Waals surface area contributed by atoms with Gasteiger partial charge in [0.2, 0.25) is 0 Å². The van der Waals surface area contributed by atoms with Crippen LogP contribution in [0.4, 0.5) is 4.39 Å². The number of methoxy groups -OCH3 is 1. The maximum atomic E-state index is 13.8. The standard InChI is InChI=1S/C10H12FN3O2/c1-14-4-13-9-6(14)3-5(10(15)16-2)8(12)7(9)11/h3,5H,4,12H2,1-2H3. The predicted molar refractivity (Wildman–Crippen MR) is 56.0 cm³/mol. The van der Waals surface area contributed by atoms with E-state index >= 15 is 0 Å². The lowest BCUT2D eigenvalue weighted by molar-refractivity contribution is -0.142. The maximum absolute atomic E-state index is 13.8. The summed E-state index contributed by atoms with van der Waals surface area (Å²) in [4.78, 5) is 17.2. The number of carbonyl (C=O) groups is 1. The molecule has 0 aromatic carbocycles. The van der Waals surface area contributed by atoms with E-state index in [2.05, 4.69) is 9.73 Å². The molecule has 2 N–H and O–H groups in total. The number of nitrogens with zero attached hydrogens (tertiary/aromatic N) is 2.